The summed E-state index contributed by atoms with van der Waals surface area (Å²) < 4.78 is 0. The molecule has 1 unspecified atom stereocenters. The van der Waals surface area contributed by atoms with Crippen LogP contribution in [0.2, 0.25) is 5.02 Å². The molecule has 0 spiro atoms. The topological polar surface area (TPSA) is 52.6 Å². The summed E-state index contributed by atoms with van der Waals surface area (Å²) in [5.41, 5.74) is 3.60. The molecule has 2 aliphatic rings. The second-order valence-electron chi connectivity index (χ2n) is 9.51. The van der Waals surface area contributed by atoms with Crippen molar-refractivity contribution in [3.05, 3.63) is 64.2 Å². The van der Waals surface area contributed by atoms with Gasteiger partial charge in [-0.05, 0) is 54.5 Å². The smallest absolute Gasteiger partial charge is 0.225 e. The van der Waals surface area contributed by atoms with Crippen LogP contribution in [0.15, 0.2) is 42.5 Å². The summed E-state index contributed by atoms with van der Waals surface area (Å²) in [6, 6.07) is 14.5. The summed E-state index contributed by atoms with van der Waals surface area (Å²) in [5, 5.41) is 14.4. The first-order valence-electron chi connectivity index (χ1n) is 10.9. The summed E-state index contributed by atoms with van der Waals surface area (Å²) in [5.74, 6) is 0.607. The molecule has 1 amide bonds. The molecule has 0 aromatic heterocycles. The molecule has 2 aromatic carbocycles. The minimum absolute atomic E-state index is 0.0135. The van der Waals surface area contributed by atoms with E-state index in [1.54, 1.807) is 6.07 Å². The molecule has 1 saturated heterocycles. The third-order valence-corrected chi connectivity index (χ3v) is 6.79. The molecule has 2 aliphatic heterocycles. The number of benzene rings is 2. The average molecular weight is 427 g/mol. The molecule has 0 radical (unpaired) electrons. The summed E-state index contributed by atoms with van der Waals surface area (Å²) in [7, 11) is 0. The van der Waals surface area contributed by atoms with E-state index in [2.05, 4.69) is 54.4 Å². The average Bonchev–Trinajstić information content (AvgIpc) is 2.69. The molecule has 0 aliphatic carbocycles. The van der Waals surface area contributed by atoms with Crippen LogP contribution < -0.4 is 5.32 Å². The maximum absolute atomic E-state index is 12.0. The fraction of sp³-hybridized carbons (Fsp3) is 0.480. The van der Waals surface area contributed by atoms with Gasteiger partial charge in [0.1, 0.15) is 0 Å². The van der Waals surface area contributed by atoms with Gasteiger partial charge in [0.25, 0.3) is 0 Å². The van der Waals surface area contributed by atoms with Crippen molar-refractivity contribution in [2.75, 3.05) is 25.0 Å². The van der Waals surface area contributed by atoms with Crippen molar-refractivity contribution >= 4 is 23.2 Å². The largest absolute Gasteiger partial charge is 0.387 e. The van der Waals surface area contributed by atoms with Gasteiger partial charge in [0.05, 0.1) is 16.8 Å². The van der Waals surface area contributed by atoms with Crippen molar-refractivity contribution < 1.29 is 9.90 Å². The van der Waals surface area contributed by atoms with Crippen LogP contribution in [-0.2, 0) is 16.6 Å². The van der Waals surface area contributed by atoms with E-state index in [-0.39, 0.29) is 11.3 Å². The molecule has 0 bridgehead atoms. The summed E-state index contributed by atoms with van der Waals surface area (Å²) in [4.78, 5) is 14.4. The number of hydrogen-bond donors (Lipinski definition) is 2. The van der Waals surface area contributed by atoms with E-state index in [9.17, 15) is 9.90 Å². The van der Waals surface area contributed by atoms with Crippen LogP contribution >= 0.6 is 11.6 Å². The maximum atomic E-state index is 12.0. The lowest BCUT2D eigenvalue weighted by Crippen LogP contribution is -2.39. The lowest BCUT2D eigenvalue weighted by atomic mass is 9.77. The van der Waals surface area contributed by atoms with Gasteiger partial charge in [-0.15, -0.1) is 0 Å². The quantitative estimate of drug-likeness (QED) is 0.711. The highest BCUT2D eigenvalue weighted by atomic mass is 35.5. The van der Waals surface area contributed by atoms with E-state index in [0.717, 1.165) is 37.1 Å². The molecule has 160 valence electrons. The number of nitrogens with zero attached hydrogens (tertiary/aromatic N) is 1. The number of likely N-dealkylation sites (tertiary alicyclic amines) is 1. The van der Waals surface area contributed by atoms with Crippen LogP contribution in [0.5, 0.6) is 0 Å². The van der Waals surface area contributed by atoms with Crippen LogP contribution in [0.1, 0.15) is 55.9 Å². The number of amides is 1. The predicted octanol–water partition coefficient (Wildman–Crippen LogP) is 4.95. The first-order chi connectivity index (χ1) is 14.3. The van der Waals surface area contributed by atoms with Gasteiger partial charge < -0.3 is 15.3 Å². The minimum atomic E-state index is -0.600. The Bertz CT molecular complexity index is 913. The van der Waals surface area contributed by atoms with Crippen molar-refractivity contribution in [2.45, 2.75) is 51.0 Å². The fourth-order valence-corrected chi connectivity index (χ4v) is 5.22. The second-order valence-corrected chi connectivity index (χ2v) is 9.91. The number of β-amino-alcohol motifs (C(OH)–C–C–N with tert-alkyl or cyclic N) is 1. The van der Waals surface area contributed by atoms with Crippen molar-refractivity contribution in [1.82, 2.24) is 4.90 Å². The zero-order valence-electron chi connectivity index (χ0n) is 17.8. The zero-order chi connectivity index (χ0) is 21.3. The fourth-order valence-electron chi connectivity index (χ4n) is 4.94. The van der Waals surface area contributed by atoms with E-state index >= 15 is 0 Å². The zero-order valence-corrected chi connectivity index (χ0v) is 18.6. The molecule has 2 atom stereocenters. The number of fused-ring (bicyclic) bond motifs is 1. The van der Waals surface area contributed by atoms with E-state index in [1.165, 1.54) is 12.0 Å². The van der Waals surface area contributed by atoms with Gasteiger partial charge in [-0.2, -0.15) is 0 Å². The second kappa shape index (κ2) is 8.70. The minimum Gasteiger partial charge on any atom is -0.387 e. The van der Waals surface area contributed by atoms with Crippen LogP contribution in [0.4, 0.5) is 5.69 Å². The van der Waals surface area contributed by atoms with Gasteiger partial charge >= 0.3 is 0 Å². The summed E-state index contributed by atoms with van der Waals surface area (Å²) in [6.45, 7) is 6.73. The Labute approximate surface area is 184 Å². The van der Waals surface area contributed by atoms with Crippen molar-refractivity contribution in [1.29, 1.82) is 0 Å². The summed E-state index contributed by atoms with van der Waals surface area (Å²) in [6.07, 6.45) is 3.31. The number of aliphatic hydroxyl groups is 1. The maximum Gasteiger partial charge on any atom is 0.225 e. The predicted molar refractivity (Wildman–Crippen MR) is 122 cm³/mol. The number of rotatable bonds is 5. The third kappa shape index (κ3) is 4.72. The normalized spacial score (nSPS) is 22.3. The third-order valence-electron chi connectivity index (χ3n) is 6.49. The lowest BCUT2D eigenvalue weighted by molar-refractivity contribution is -0.117. The van der Waals surface area contributed by atoms with Gasteiger partial charge in [-0.1, -0.05) is 61.8 Å². The number of halogens is 1. The van der Waals surface area contributed by atoms with Crippen LogP contribution in [0, 0.1) is 5.92 Å². The number of aliphatic hydroxyl groups excluding tert-OH is 1. The molecule has 2 aromatic rings. The number of hydrogen-bond acceptors (Lipinski definition) is 3. The molecule has 4 nitrogen and oxygen atoms in total. The number of anilines is 1. The number of nitrogens with one attached hydrogen (secondary N) is 1. The lowest BCUT2D eigenvalue weighted by Gasteiger charge is -2.35. The molecule has 4 rings (SSSR count). The van der Waals surface area contributed by atoms with E-state index < -0.39 is 6.10 Å². The molecular formula is C25H31ClN2O2. The first-order valence-corrected chi connectivity index (χ1v) is 11.3. The van der Waals surface area contributed by atoms with Crippen molar-refractivity contribution in [2.24, 2.45) is 5.92 Å². The van der Waals surface area contributed by atoms with Gasteiger partial charge in [-0.25, -0.2) is 0 Å². The highest BCUT2D eigenvalue weighted by Crippen LogP contribution is 2.42. The Kier molecular flexibility index (Phi) is 6.19. The molecule has 0 saturated carbocycles. The number of piperidine rings is 1. The van der Waals surface area contributed by atoms with E-state index in [0.29, 0.717) is 29.6 Å². The van der Waals surface area contributed by atoms with Crippen molar-refractivity contribution in [3.8, 4) is 0 Å². The molecule has 2 N–H and O–H groups in total. The molecule has 30 heavy (non-hydrogen) atoms. The Morgan fingerprint density at radius 1 is 1.27 bits per heavy atom. The van der Waals surface area contributed by atoms with E-state index in [1.807, 2.05) is 6.07 Å². The van der Waals surface area contributed by atoms with Crippen LogP contribution in [-0.4, -0.2) is 35.5 Å². The monoisotopic (exact) mass is 426 g/mol. The van der Waals surface area contributed by atoms with Crippen molar-refractivity contribution in [3.63, 3.8) is 0 Å². The first kappa shape index (κ1) is 21.4. The Hall–Kier alpha value is -1.88. The highest BCUT2D eigenvalue weighted by molar-refractivity contribution is 6.34. The Balaban J connectivity index is 1.45. The Morgan fingerprint density at radius 3 is 2.80 bits per heavy atom. The highest BCUT2D eigenvalue weighted by Gasteiger charge is 2.34. The van der Waals surface area contributed by atoms with Crippen LogP contribution in [0.25, 0.3) is 0 Å². The van der Waals surface area contributed by atoms with Gasteiger partial charge in [-0.3, -0.25) is 4.79 Å². The molecule has 2 heterocycles. The van der Waals surface area contributed by atoms with Crippen LogP contribution in [0.3, 0.4) is 0 Å². The Morgan fingerprint density at radius 2 is 2.03 bits per heavy atom. The molecular weight excluding hydrogens is 396 g/mol. The SMILES string of the molecule is CC1(C)CC(=O)Nc2c(Cl)cc(C(O)CN3CCC[C@H](Cc4ccccc4)C3)cc21. The van der Waals surface area contributed by atoms with E-state index in [4.69, 9.17) is 11.6 Å². The molecule has 5 heteroatoms. The summed E-state index contributed by atoms with van der Waals surface area (Å²) >= 11 is 6.50. The standard InChI is InChI=1S/C25H31ClN2O2/c1-25(2)14-23(30)27-24-20(25)12-19(13-21(24)26)22(29)16-28-10-6-9-18(15-28)11-17-7-4-3-5-8-17/h3-5,7-8,12-13,18,22,29H,6,9-11,14-16H2,1-2H3,(H,27,30)/t18-,22?/m1/s1. The van der Waals surface area contributed by atoms with Gasteiger partial charge in [0.2, 0.25) is 5.91 Å². The molecule has 1 fully saturated rings. The number of carbonyl (C=O) groups excluding carboxylic acids is 1. The van der Waals surface area contributed by atoms with Gasteiger partial charge in [0, 0.05) is 24.9 Å². The van der Waals surface area contributed by atoms with Gasteiger partial charge in [0.15, 0.2) is 0 Å². The number of carbonyl (C=O) groups is 1.